The molecule has 4 nitrogen and oxygen atoms in total. The van der Waals surface area contributed by atoms with Crippen LogP contribution in [-0.2, 0) is 21.5 Å². The quantitative estimate of drug-likeness (QED) is 0.623. The second-order valence-electron chi connectivity index (χ2n) is 7.65. The number of unbranched alkanes of at least 4 members (excludes halogenated alkanes) is 1. The molecule has 1 unspecified atom stereocenters. The molecule has 29 heavy (non-hydrogen) atoms. The third-order valence-electron chi connectivity index (χ3n) is 5.72. The highest BCUT2D eigenvalue weighted by atomic mass is 19.1. The molecule has 1 heterocycles. The Hall–Kier alpha value is -1.79. The van der Waals surface area contributed by atoms with Crippen LogP contribution in [0, 0.1) is 5.82 Å². The summed E-state index contributed by atoms with van der Waals surface area (Å²) in [4.78, 5) is 0. The number of benzene rings is 2. The van der Waals surface area contributed by atoms with E-state index in [1.54, 1.807) is 13.2 Å². The van der Waals surface area contributed by atoms with Crippen LogP contribution in [-0.4, -0.2) is 44.6 Å². The molecule has 1 fully saturated rings. The normalized spacial score (nSPS) is 19.1. The summed E-state index contributed by atoms with van der Waals surface area (Å²) in [6.45, 7) is 4.53. The third kappa shape index (κ3) is 5.04. The van der Waals surface area contributed by atoms with Crippen LogP contribution in [0.2, 0.25) is 0 Å². The molecule has 0 bridgehead atoms. The number of aliphatic hydroxyl groups is 1. The molecule has 2 aromatic rings. The largest absolute Gasteiger partial charge is 0.385 e. The maximum atomic E-state index is 15.1. The first-order chi connectivity index (χ1) is 14.1. The van der Waals surface area contributed by atoms with Crippen molar-refractivity contribution < 1.29 is 19.0 Å². The van der Waals surface area contributed by atoms with Gasteiger partial charge < -0.3 is 19.9 Å². The molecule has 0 saturated carbocycles. The Labute approximate surface area is 173 Å². The molecule has 1 saturated heterocycles. The van der Waals surface area contributed by atoms with Gasteiger partial charge in [0.05, 0.1) is 6.61 Å². The predicted molar refractivity (Wildman–Crippen MR) is 113 cm³/mol. The number of rotatable bonds is 9. The van der Waals surface area contributed by atoms with Gasteiger partial charge in [0.1, 0.15) is 17.5 Å². The standard InChI is InChI=1S/C24H32FNO3/c1-3-18-8-6-9-19(16-18)23-20(10-7-11-21(23)25)24(27,12-4-5-14-28-2)22-17-26-13-15-29-22/h6-11,16,22,26-27H,3-5,12-15,17H2,1-2H3/t22-,24?/m1/s1. The zero-order valence-corrected chi connectivity index (χ0v) is 17.4. The topological polar surface area (TPSA) is 50.7 Å². The minimum atomic E-state index is -1.29. The van der Waals surface area contributed by atoms with E-state index in [9.17, 15) is 5.11 Å². The fourth-order valence-corrected chi connectivity index (χ4v) is 4.11. The van der Waals surface area contributed by atoms with Gasteiger partial charge in [-0.1, -0.05) is 43.3 Å². The van der Waals surface area contributed by atoms with Crippen molar-refractivity contribution in [2.24, 2.45) is 0 Å². The van der Waals surface area contributed by atoms with E-state index in [1.165, 1.54) is 6.07 Å². The molecule has 158 valence electrons. The van der Waals surface area contributed by atoms with E-state index in [4.69, 9.17) is 9.47 Å². The zero-order chi connectivity index (χ0) is 20.7. The van der Waals surface area contributed by atoms with E-state index in [0.717, 1.165) is 36.9 Å². The molecule has 2 atom stereocenters. The van der Waals surface area contributed by atoms with Gasteiger partial charge in [-0.25, -0.2) is 4.39 Å². The molecule has 2 N–H and O–H groups in total. The average molecular weight is 402 g/mol. The number of methoxy groups -OCH3 is 1. The van der Waals surface area contributed by atoms with Crippen molar-refractivity contribution in [1.29, 1.82) is 0 Å². The summed E-state index contributed by atoms with van der Waals surface area (Å²) in [5, 5.41) is 15.2. The molecule has 2 aromatic carbocycles. The summed E-state index contributed by atoms with van der Waals surface area (Å²) in [5.41, 5.74) is 1.69. The highest BCUT2D eigenvalue weighted by Gasteiger charge is 2.42. The average Bonchev–Trinajstić information content (AvgIpc) is 2.77. The summed E-state index contributed by atoms with van der Waals surface area (Å²) in [5.74, 6) is -0.324. The number of hydrogen-bond acceptors (Lipinski definition) is 4. The Morgan fingerprint density at radius 3 is 2.79 bits per heavy atom. The van der Waals surface area contributed by atoms with E-state index < -0.39 is 11.7 Å². The fourth-order valence-electron chi connectivity index (χ4n) is 4.11. The van der Waals surface area contributed by atoms with Crippen molar-refractivity contribution in [2.75, 3.05) is 33.4 Å². The third-order valence-corrected chi connectivity index (χ3v) is 5.72. The van der Waals surface area contributed by atoms with E-state index in [2.05, 4.69) is 12.2 Å². The van der Waals surface area contributed by atoms with Gasteiger partial charge in [0.15, 0.2) is 0 Å². The lowest BCUT2D eigenvalue weighted by atomic mass is 9.79. The summed E-state index contributed by atoms with van der Waals surface area (Å²) < 4.78 is 26.2. The van der Waals surface area contributed by atoms with Gasteiger partial charge in [0.25, 0.3) is 0 Å². The Bertz CT molecular complexity index is 791. The number of halogens is 1. The first kappa shape index (κ1) is 21.9. The SMILES string of the molecule is CCc1cccc(-c2c(F)cccc2C(O)(CCCCOC)[C@H]2CNCCO2)c1. The van der Waals surface area contributed by atoms with Gasteiger partial charge >= 0.3 is 0 Å². The molecule has 1 aliphatic heterocycles. The minimum absolute atomic E-state index is 0.324. The van der Waals surface area contributed by atoms with Crippen LogP contribution < -0.4 is 5.32 Å². The first-order valence-corrected chi connectivity index (χ1v) is 10.5. The molecule has 0 aliphatic carbocycles. The molecule has 0 aromatic heterocycles. The number of hydrogen-bond donors (Lipinski definition) is 2. The lowest BCUT2D eigenvalue weighted by Crippen LogP contribution is -2.51. The molecule has 0 radical (unpaired) electrons. The van der Waals surface area contributed by atoms with Crippen molar-refractivity contribution in [2.45, 2.75) is 44.3 Å². The molecular formula is C24H32FNO3. The summed E-state index contributed by atoms with van der Waals surface area (Å²) in [6, 6.07) is 12.9. The summed E-state index contributed by atoms with van der Waals surface area (Å²) >= 11 is 0. The van der Waals surface area contributed by atoms with Gasteiger partial charge in [-0.15, -0.1) is 0 Å². The summed E-state index contributed by atoms with van der Waals surface area (Å²) in [6.07, 6.45) is 2.50. The molecule has 3 rings (SSSR count). The van der Waals surface area contributed by atoms with Gasteiger partial charge in [-0.05, 0) is 48.4 Å². The Morgan fingerprint density at radius 2 is 2.07 bits per heavy atom. The summed E-state index contributed by atoms with van der Waals surface area (Å²) in [7, 11) is 1.67. The fraction of sp³-hybridized carbons (Fsp3) is 0.500. The highest BCUT2D eigenvalue weighted by Crippen LogP contribution is 2.40. The van der Waals surface area contributed by atoms with Crippen molar-refractivity contribution in [3.05, 3.63) is 59.4 Å². The van der Waals surface area contributed by atoms with Crippen molar-refractivity contribution in [1.82, 2.24) is 5.32 Å². The van der Waals surface area contributed by atoms with Gasteiger partial charge in [0.2, 0.25) is 0 Å². The smallest absolute Gasteiger partial charge is 0.131 e. The van der Waals surface area contributed by atoms with Crippen molar-refractivity contribution in [3.63, 3.8) is 0 Å². The van der Waals surface area contributed by atoms with Crippen LogP contribution in [0.1, 0.15) is 37.3 Å². The van der Waals surface area contributed by atoms with Gasteiger partial charge in [-0.2, -0.15) is 0 Å². The monoisotopic (exact) mass is 401 g/mol. The van der Waals surface area contributed by atoms with Crippen LogP contribution in [0.3, 0.4) is 0 Å². The van der Waals surface area contributed by atoms with E-state index in [0.29, 0.717) is 37.3 Å². The zero-order valence-electron chi connectivity index (χ0n) is 17.4. The lowest BCUT2D eigenvalue weighted by Gasteiger charge is -2.40. The van der Waals surface area contributed by atoms with Crippen molar-refractivity contribution >= 4 is 0 Å². The van der Waals surface area contributed by atoms with E-state index in [-0.39, 0.29) is 5.82 Å². The van der Waals surface area contributed by atoms with Crippen LogP contribution in [0.25, 0.3) is 11.1 Å². The second-order valence-corrected chi connectivity index (χ2v) is 7.65. The van der Waals surface area contributed by atoms with Gasteiger partial charge in [0, 0.05) is 32.4 Å². The highest BCUT2D eigenvalue weighted by molar-refractivity contribution is 5.70. The van der Waals surface area contributed by atoms with E-state index >= 15 is 4.39 Å². The van der Waals surface area contributed by atoms with Crippen molar-refractivity contribution in [3.8, 4) is 11.1 Å². The number of nitrogens with one attached hydrogen (secondary N) is 1. The van der Waals surface area contributed by atoms with Crippen LogP contribution in [0.15, 0.2) is 42.5 Å². The molecular weight excluding hydrogens is 369 g/mol. The minimum Gasteiger partial charge on any atom is -0.385 e. The second kappa shape index (κ2) is 10.3. The molecule has 0 spiro atoms. The lowest BCUT2D eigenvalue weighted by molar-refractivity contribution is -0.129. The van der Waals surface area contributed by atoms with E-state index in [1.807, 2.05) is 30.3 Å². The maximum Gasteiger partial charge on any atom is 0.131 e. The predicted octanol–water partition coefficient (Wildman–Crippen LogP) is 4.05. The van der Waals surface area contributed by atoms with Crippen LogP contribution >= 0.6 is 0 Å². The Balaban J connectivity index is 2.05. The van der Waals surface area contributed by atoms with Gasteiger partial charge in [-0.3, -0.25) is 0 Å². The van der Waals surface area contributed by atoms with Crippen LogP contribution in [0.4, 0.5) is 4.39 Å². The first-order valence-electron chi connectivity index (χ1n) is 10.5. The number of aryl methyl sites for hydroxylation is 1. The molecule has 0 amide bonds. The number of morpholine rings is 1. The van der Waals surface area contributed by atoms with Crippen LogP contribution in [0.5, 0.6) is 0 Å². The number of ether oxygens (including phenoxy) is 2. The Kier molecular flexibility index (Phi) is 7.78. The molecule has 5 heteroatoms. The maximum absolute atomic E-state index is 15.1. The molecule has 1 aliphatic rings. The Morgan fingerprint density at radius 1 is 1.24 bits per heavy atom.